The SMILES string of the molecule is COc1cc(C2C3=CCC4C(=O)N(c5ccc(C)c(Cl)c5)C(=O)C4C3CC3C(=O)C(c4ccccc4)=CC(=O)C32c2ccccc2)ccc1O. The molecule has 0 radical (unpaired) electrons. The molecule has 2 fully saturated rings. The fourth-order valence-electron chi connectivity index (χ4n) is 9.10. The Morgan fingerprint density at radius 1 is 0.860 bits per heavy atom. The van der Waals surface area contributed by atoms with Crippen molar-refractivity contribution in [2.24, 2.45) is 23.7 Å². The van der Waals surface area contributed by atoms with E-state index in [0.29, 0.717) is 39.4 Å². The molecule has 3 aliphatic carbocycles. The van der Waals surface area contributed by atoms with E-state index >= 15 is 9.59 Å². The lowest BCUT2D eigenvalue weighted by atomic mass is 9.44. The molecule has 4 aliphatic rings. The molecule has 250 valence electrons. The van der Waals surface area contributed by atoms with Crippen molar-refractivity contribution in [2.45, 2.75) is 31.1 Å². The number of aryl methyl sites for hydroxylation is 1. The Balaban J connectivity index is 1.36. The molecule has 1 N–H and O–H groups in total. The number of allylic oxidation sites excluding steroid dienone is 4. The Kier molecular flexibility index (Phi) is 7.64. The van der Waals surface area contributed by atoms with E-state index in [1.165, 1.54) is 24.2 Å². The summed E-state index contributed by atoms with van der Waals surface area (Å²) in [6, 6.07) is 28.7. The van der Waals surface area contributed by atoms with Crippen LogP contribution >= 0.6 is 11.6 Å². The molecule has 2 amide bonds. The minimum atomic E-state index is -1.37. The third-order valence-electron chi connectivity index (χ3n) is 11.3. The Hall–Kier alpha value is -5.27. The number of halogens is 1. The van der Waals surface area contributed by atoms with Crippen molar-refractivity contribution in [3.8, 4) is 11.5 Å². The van der Waals surface area contributed by atoms with Gasteiger partial charge in [0, 0.05) is 22.4 Å². The number of methoxy groups -OCH3 is 1. The molecular weight excluding hydrogens is 650 g/mol. The number of phenolic OH excluding ortho intramolecular Hbond substituents is 1. The minimum Gasteiger partial charge on any atom is -0.504 e. The predicted molar refractivity (Wildman–Crippen MR) is 190 cm³/mol. The van der Waals surface area contributed by atoms with Crippen molar-refractivity contribution in [1.82, 2.24) is 0 Å². The monoisotopic (exact) mass is 683 g/mol. The average molecular weight is 684 g/mol. The Bertz CT molecular complexity index is 2160. The molecule has 0 aromatic heterocycles. The number of amides is 2. The molecule has 0 bridgehead atoms. The van der Waals surface area contributed by atoms with Crippen LogP contribution in [0.5, 0.6) is 11.5 Å². The third-order valence-corrected chi connectivity index (χ3v) is 11.7. The lowest BCUT2D eigenvalue weighted by molar-refractivity contribution is -0.135. The number of fused-ring (bicyclic) bond motifs is 4. The summed E-state index contributed by atoms with van der Waals surface area (Å²) in [7, 11) is 1.46. The summed E-state index contributed by atoms with van der Waals surface area (Å²) in [4.78, 5) is 60.0. The van der Waals surface area contributed by atoms with Gasteiger partial charge in [0.25, 0.3) is 0 Å². The van der Waals surface area contributed by atoms with Crippen molar-refractivity contribution in [3.05, 3.63) is 142 Å². The van der Waals surface area contributed by atoms with Crippen LogP contribution in [0.15, 0.2) is 115 Å². The molecule has 4 aromatic rings. The zero-order valence-electron chi connectivity index (χ0n) is 27.5. The maximum absolute atomic E-state index is 15.1. The van der Waals surface area contributed by atoms with Gasteiger partial charge in [-0.2, -0.15) is 0 Å². The molecule has 4 aromatic carbocycles. The van der Waals surface area contributed by atoms with Gasteiger partial charge in [-0.1, -0.05) is 96.0 Å². The van der Waals surface area contributed by atoms with E-state index < -0.39 is 35.0 Å². The lowest BCUT2D eigenvalue weighted by Crippen LogP contribution is -2.58. The molecule has 1 heterocycles. The van der Waals surface area contributed by atoms with Gasteiger partial charge >= 0.3 is 0 Å². The van der Waals surface area contributed by atoms with Crippen LogP contribution in [0.4, 0.5) is 5.69 Å². The van der Waals surface area contributed by atoms with E-state index in [1.807, 2.05) is 73.7 Å². The molecule has 1 saturated carbocycles. The Morgan fingerprint density at radius 2 is 1.58 bits per heavy atom. The molecular formula is C42H34ClNO6. The first-order chi connectivity index (χ1) is 24.2. The van der Waals surface area contributed by atoms with Gasteiger partial charge in [0.05, 0.1) is 30.0 Å². The molecule has 1 aliphatic heterocycles. The molecule has 0 spiro atoms. The number of carbonyl (C=O) groups is 4. The van der Waals surface area contributed by atoms with Crippen molar-refractivity contribution in [1.29, 1.82) is 0 Å². The van der Waals surface area contributed by atoms with Gasteiger partial charge in [-0.15, -0.1) is 0 Å². The smallest absolute Gasteiger partial charge is 0.238 e. The quantitative estimate of drug-likeness (QED) is 0.174. The summed E-state index contributed by atoms with van der Waals surface area (Å²) in [5.74, 6) is -4.33. The number of ketones is 2. The largest absolute Gasteiger partial charge is 0.504 e. The van der Waals surface area contributed by atoms with Crippen LogP contribution in [-0.4, -0.2) is 35.6 Å². The summed E-state index contributed by atoms with van der Waals surface area (Å²) >= 11 is 6.46. The first-order valence-corrected chi connectivity index (χ1v) is 17.2. The topological polar surface area (TPSA) is 101 Å². The fourth-order valence-corrected chi connectivity index (χ4v) is 9.27. The van der Waals surface area contributed by atoms with E-state index in [-0.39, 0.29) is 41.3 Å². The first kappa shape index (κ1) is 32.0. The summed E-state index contributed by atoms with van der Waals surface area (Å²) in [6.45, 7) is 1.86. The van der Waals surface area contributed by atoms with Gasteiger partial charge < -0.3 is 9.84 Å². The number of benzene rings is 4. The van der Waals surface area contributed by atoms with Crippen LogP contribution in [0.3, 0.4) is 0 Å². The highest BCUT2D eigenvalue weighted by Crippen LogP contribution is 2.64. The summed E-state index contributed by atoms with van der Waals surface area (Å²) in [5, 5.41) is 11.1. The van der Waals surface area contributed by atoms with Crippen LogP contribution in [0.1, 0.15) is 41.0 Å². The number of Topliss-reactive ketones (excluding diaryl/α,β-unsaturated/α-hetero) is 1. The fraction of sp³-hybridized carbons (Fsp3) is 0.238. The van der Waals surface area contributed by atoms with Crippen LogP contribution in [-0.2, 0) is 24.6 Å². The van der Waals surface area contributed by atoms with Gasteiger partial charge in [-0.3, -0.25) is 19.2 Å². The number of aromatic hydroxyl groups is 1. The molecule has 1 saturated heterocycles. The number of carbonyl (C=O) groups excluding carboxylic acids is 4. The second-order valence-electron chi connectivity index (χ2n) is 13.7. The molecule has 6 atom stereocenters. The highest BCUT2D eigenvalue weighted by atomic mass is 35.5. The van der Waals surface area contributed by atoms with Gasteiger partial charge in [0.1, 0.15) is 0 Å². The van der Waals surface area contributed by atoms with E-state index in [0.717, 1.165) is 11.1 Å². The average Bonchev–Trinajstić information content (AvgIpc) is 3.40. The minimum absolute atomic E-state index is 0.0621. The lowest BCUT2D eigenvalue weighted by Gasteiger charge is -2.55. The number of imide groups is 1. The number of nitrogens with zero attached hydrogens (tertiary/aromatic N) is 1. The van der Waals surface area contributed by atoms with Gasteiger partial charge in [-0.25, -0.2) is 4.90 Å². The number of hydrogen-bond acceptors (Lipinski definition) is 6. The number of anilines is 1. The zero-order chi connectivity index (χ0) is 34.9. The Morgan fingerprint density at radius 3 is 2.28 bits per heavy atom. The van der Waals surface area contributed by atoms with Crippen molar-refractivity contribution in [2.75, 3.05) is 12.0 Å². The summed E-state index contributed by atoms with van der Waals surface area (Å²) < 4.78 is 5.54. The maximum atomic E-state index is 15.1. The van der Waals surface area contributed by atoms with E-state index in [9.17, 15) is 14.7 Å². The second-order valence-corrected chi connectivity index (χ2v) is 14.1. The van der Waals surface area contributed by atoms with Gasteiger partial charge in [0.2, 0.25) is 11.8 Å². The van der Waals surface area contributed by atoms with E-state index in [4.69, 9.17) is 16.3 Å². The highest BCUT2D eigenvalue weighted by molar-refractivity contribution is 6.33. The highest BCUT2D eigenvalue weighted by Gasteiger charge is 2.66. The molecule has 8 heteroatoms. The molecule has 6 unspecified atom stereocenters. The summed E-state index contributed by atoms with van der Waals surface area (Å²) in [6.07, 6.45) is 4.00. The number of hydrogen-bond donors (Lipinski definition) is 1. The third kappa shape index (κ3) is 4.56. The van der Waals surface area contributed by atoms with Crippen LogP contribution in [0, 0.1) is 30.6 Å². The number of phenols is 1. The van der Waals surface area contributed by atoms with Gasteiger partial charge in [0.15, 0.2) is 23.1 Å². The number of ether oxygens (including phenoxy) is 1. The van der Waals surface area contributed by atoms with Gasteiger partial charge in [-0.05, 0) is 78.3 Å². The standard InChI is InChI=1S/C42H34ClNO6/c1-23-13-15-27(20-33(23)43)44-40(48)29-17-16-28-31(37(29)41(44)49)21-32-39(47)30(24-9-5-3-6-10-24)22-36(46)42(32,26-11-7-4-8-12-26)38(28)25-14-18-34(45)35(19-25)50-2/h3-16,18-20,22,29,31-32,37-38,45H,17,21H2,1-2H3. The second kappa shape index (κ2) is 12.0. The van der Waals surface area contributed by atoms with Crippen molar-refractivity contribution in [3.63, 3.8) is 0 Å². The molecule has 8 rings (SSSR count). The van der Waals surface area contributed by atoms with Crippen molar-refractivity contribution < 1.29 is 29.0 Å². The first-order valence-electron chi connectivity index (χ1n) is 16.8. The molecule has 50 heavy (non-hydrogen) atoms. The van der Waals surface area contributed by atoms with E-state index in [1.54, 1.807) is 30.3 Å². The Labute approximate surface area is 294 Å². The van der Waals surface area contributed by atoms with Crippen LogP contribution in [0.25, 0.3) is 5.57 Å². The van der Waals surface area contributed by atoms with Crippen LogP contribution < -0.4 is 9.64 Å². The summed E-state index contributed by atoms with van der Waals surface area (Å²) in [5.41, 5.74) is 3.04. The van der Waals surface area contributed by atoms with Crippen LogP contribution in [0.2, 0.25) is 5.02 Å². The number of rotatable bonds is 5. The van der Waals surface area contributed by atoms with Crippen molar-refractivity contribution >= 4 is 46.2 Å². The zero-order valence-corrected chi connectivity index (χ0v) is 28.3. The predicted octanol–water partition coefficient (Wildman–Crippen LogP) is 7.39. The molecule has 7 nitrogen and oxygen atoms in total. The maximum Gasteiger partial charge on any atom is 0.238 e. The van der Waals surface area contributed by atoms with E-state index in [2.05, 4.69) is 0 Å². The normalized spacial score (nSPS) is 27.3.